The molecule has 1 aliphatic rings. The predicted molar refractivity (Wildman–Crippen MR) is 106 cm³/mol. The lowest BCUT2D eigenvalue weighted by Crippen LogP contribution is -2.43. The Morgan fingerprint density at radius 1 is 0.857 bits per heavy atom. The van der Waals surface area contributed by atoms with Crippen LogP contribution in [0.1, 0.15) is 16.7 Å². The zero-order chi connectivity index (χ0) is 19.7. The Bertz CT molecular complexity index is 1010. The third-order valence-corrected chi connectivity index (χ3v) is 4.88. The lowest BCUT2D eigenvalue weighted by molar-refractivity contribution is -0.130. The minimum absolute atomic E-state index is 0.102. The van der Waals surface area contributed by atoms with E-state index in [9.17, 15) is 15.0 Å². The summed E-state index contributed by atoms with van der Waals surface area (Å²) in [7, 11) is 0. The number of amides is 1. The van der Waals surface area contributed by atoms with Crippen molar-refractivity contribution in [2.45, 2.75) is 12.1 Å². The average Bonchev–Trinajstić information content (AvgIpc) is 2.98. The van der Waals surface area contributed by atoms with Gasteiger partial charge in [0.15, 0.2) is 23.0 Å². The normalized spacial score (nSPS) is 15.5. The maximum absolute atomic E-state index is 13.6. The first kappa shape index (κ1) is 17.6. The van der Waals surface area contributed by atoms with Gasteiger partial charge in [0.05, 0.1) is 6.54 Å². The Morgan fingerprint density at radius 2 is 1.43 bits per heavy atom. The Morgan fingerprint density at radius 3 is 1.96 bits per heavy atom. The molecule has 0 saturated heterocycles. The average molecular weight is 373 g/mol. The molecule has 3 aromatic carbocycles. The SMILES string of the molecule is NC1=NC(c2ccccc2)(c2ccccc2)C(=O)N1Cc1ccc(O)c(O)c1. The van der Waals surface area contributed by atoms with Crippen molar-refractivity contribution in [3.05, 3.63) is 95.6 Å². The molecule has 1 heterocycles. The van der Waals surface area contributed by atoms with Crippen LogP contribution in [0.5, 0.6) is 11.5 Å². The van der Waals surface area contributed by atoms with E-state index in [4.69, 9.17) is 5.73 Å². The van der Waals surface area contributed by atoms with Crippen molar-refractivity contribution < 1.29 is 15.0 Å². The van der Waals surface area contributed by atoms with E-state index >= 15 is 0 Å². The molecule has 0 aromatic heterocycles. The molecule has 0 fully saturated rings. The monoisotopic (exact) mass is 373 g/mol. The van der Waals surface area contributed by atoms with Crippen molar-refractivity contribution in [3.63, 3.8) is 0 Å². The fourth-order valence-electron chi connectivity index (χ4n) is 3.48. The number of rotatable bonds is 4. The summed E-state index contributed by atoms with van der Waals surface area (Å²) in [6.45, 7) is 0.128. The van der Waals surface area contributed by atoms with E-state index in [-0.39, 0.29) is 29.9 Å². The van der Waals surface area contributed by atoms with Gasteiger partial charge in [0.2, 0.25) is 0 Å². The van der Waals surface area contributed by atoms with Crippen LogP contribution in [0.2, 0.25) is 0 Å². The summed E-state index contributed by atoms with van der Waals surface area (Å²) in [6, 6.07) is 23.0. The van der Waals surface area contributed by atoms with Crippen molar-refractivity contribution in [2.24, 2.45) is 10.7 Å². The Hall–Kier alpha value is -3.80. The molecule has 1 aliphatic heterocycles. The number of guanidine groups is 1. The first-order valence-corrected chi connectivity index (χ1v) is 8.81. The second-order valence-electron chi connectivity index (χ2n) is 6.63. The predicted octanol–water partition coefficient (Wildman–Crippen LogP) is 2.70. The van der Waals surface area contributed by atoms with Crippen LogP contribution < -0.4 is 5.73 Å². The molecule has 6 nitrogen and oxygen atoms in total. The molecular weight excluding hydrogens is 354 g/mol. The Labute approximate surface area is 162 Å². The van der Waals surface area contributed by atoms with Crippen LogP contribution in [0.25, 0.3) is 0 Å². The minimum Gasteiger partial charge on any atom is -0.504 e. The van der Waals surface area contributed by atoms with E-state index in [2.05, 4.69) is 4.99 Å². The number of carbonyl (C=O) groups is 1. The molecule has 0 radical (unpaired) electrons. The maximum atomic E-state index is 13.6. The molecule has 0 unspecified atom stereocenters. The van der Waals surface area contributed by atoms with E-state index in [0.717, 1.165) is 11.1 Å². The Balaban J connectivity index is 1.79. The lowest BCUT2D eigenvalue weighted by Gasteiger charge is -2.27. The number of benzene rings is 3. The zero-order valence-corrected chi connectivity index (χ0v) is 15.0. The fourth-order valence-corrected chi connectivity index (χ4v) is 3.48. The van der Waals surface area contributed by atoms with Crippen LogP contribution in [0, 0.1) is 0 Å². The van der Waals surface area contributed by atoms with Gasteiger partial charge in [-0.15, -0.1) is 0 Å². The van der Waals surface area contributed by atoms with Gasteiger partial charge in [-0.2, -0.15) is 0 Å². The van der Waals surface area contributed by atoms with E-state index < -0.39 is 5.54 Å². The number of nitrogens with zero attached hydrogens (tertiary/aromatic N) is 2. The smallest absolute Gasteiger partial charge is 0.266 e. The standard InChI is InChI=1S/C22H19N3O3/c23-21-24-22(16-7-3-1-4-8-16,17-9-5-2-6-10-17)20(28)25(21)14-15-11-12-18(26)19(27)13-15/h1-13,26-27H,14H2,(H2,23,24). The topological polar surface area (TPSA) is 99.2 Å². The largest absolute Gasteiger partial charge is 0.504 e. The highest BCUT2D eigenvalue weighted by Gasteiger charge is 2.50. The maximum Gasteiger partial charge on any atom is 0.266 e. The summed E-state index contributed by atoms with van der Waals surface area (Å²) in [5, 5.41) is 19.3. The van der Waals surface area contributed by atoms with Crippen LogP contribution in [-0.2, 0) is 16.9 Å². The van der Waals surface area contributed by atoms with Crippen molar-refractivity contribution in [1.29, 1.82) is 0 Å². The van der Waals surface area contributed by atoms with Gasteiger partial charge >= 0.3 is 0 Å². The number of nitrogens with two attached hydrogens (primary N) is 1. The molecule has 28 heavy (non-hydrogen) atoms. The van der Waals surface area contributed by atoms with Gasteiger partial charge < -0.3 is 15.9 Å². The van der Waals surface area contributed by atoms with Gasteiger partial charge in [0, 0.05) is 0 Å². The van der Waals surface area contributed by atoms with Gasteiger partial charge in [0.1, 0.15) is 0 Å². The van der Waals surface area contributed by atoms with E-state index in [1.807, 2.05) is 60.7 Å². The number of carbonyl (C=O) groups excluding carboxylic acids is 1. The molecule has 6 heteroatoms. The number of phenols is 2. The van der Waals surface area contributed by atoms with Crippen molar-refractivity contribution >= 4 is 11.9 Å². The molecule has 3 aromatic rings. The summed E-state index contributed by atoms with van der Waals surface area (Å²) < 4.78 is 0. The van der Waals surface area contributed by atoms with Gasteiger partial charge in [-0.3, -0.25) is 9.69 Å². The molecular formula is C22H19N3O3. The molecule has 0 saturated carbocycles. The van der Waals surface area contributed by atoms with Crippen molar-refractivity contribution in [1.82, 2.24) is 4.90 Å². The minimum atomic E-state index is -1.26. The zero-order valence-electron chi connectivity index (χ0n) is 15.0. The highest BCUT2D eigenvalue weighted by molar-refractivity contribution is 6.09. The molecule has 0 spiro atoms. The number of hydrogen-bond acceptors (Lipinski definition) is 5. The van der Waals surface area contributed by atoms with Crippen molar-refractivity contribution in [3.8, 4) is 11.5 Å². The van der Waals surface area contributed by atoms with Crippen LogP contribution in [0.4, 0.5) is 0 Å². The van der Waals surface area contributed by atoms with E-state index in [1.165, 1.54) is 17.0 Å². The second kappa shape index (κ2) is 6.74. The summed E-state index contributed by atoms with van der Waals surface area (Å²) in [5.74, 6) is -0.640. The fraction of sp³-hybridized carbons (Fsp3) is 0.0909. The summed E-state index contributed by atoms with van der Waals surface area (Å²) >= 11 is 0. The third kappa shape index (κ3) is 2.75. The summed E-state index contributed by atoms with van der Waals surface area (Å²) in [6.07, 6.45) is 0. The van der Waals surface area contributed by atoms with Gasteiger partial charge in [0.25, 0.3) is 5.91 Å². The van der Waals surface area contributed by atoms with Gasteiger partial charge in [-0.1, -0.05) is 66.7 Å². The molecule has 140 valence electrons. The third-order valence-electron chi connectivity index (χ3n) is 4.88. The molecule has 4 rings (SSSR count). The Kier molecular flexibility index (Phi) is 4.24. The molecule has 0 bridgehead atoms. The van der Waals surface area contributed by atoms with Crippen LogP contribution in [0.15, 0.2) is 83.9 Å². The molecule has 0 atom stereocenters. The quantitative estimate of drug-likeness (QED) is 0.612. The lowest BCUT2D eigenvalue weighted by atomic mass is 9.83. The summed E-state index contributed by atoms with van der Waals surface area (Å²) in [4.78, 5) is 19.6. The van der Waals surface area contributed by atoms with Crippen LogP contribution in [-0.4, -0.2) is 27.0 Å². The highest BCUT2D eigenvalue weighted by atomic mass is 16.3. The molecule has 4 N–H and O–H groups in total. The van der Waals surface area contributed by atoms with Crippen LogP contribution in [0.3, 0.4) is 0 Å². The van der Waals surface area contributed by atoms with Crippen molar-refractivity contribution in [2.75, 3.05) is 0 Å². The molecule has 0 aliphatic carbocycles. The number of phenolic OH excluding ortho intramolecular Hbond substituents is 2. The first-order chi connectivity index (χ1) is 13.5. The summed E-state index contributed by atoms with van der Waals surface area (Å²) in [5.41, 5.74) is 7.00. The molecule has 1 amide bonds. The number of aromatic hydroxyl groups is 2. The number of aliphatic imine (C=N–C) groups is 1. The van der Waals surface area contributed by atoms with E-state index in [0.29, 0.717) is 5.56 Å². The highest BCUT2D eigenvalue weighted by Crippen LogP contribution is 2.40. The second-order valence-corrected chi connectivity index (χ2v) is 6.63. The van der Waals surface area contributed by atoms with E-state index in [1.54, 1.807) is 6.07 Å². The van der Waals surface area contributed by atoms with Gasteiger partial charge in [-0.25, -0.2) is 4.99 Å². The van der Waals surface area contributed by atoms with Crippen LogP contribution >= 0.6 is 0 Å². The first-order valence-electron chi connectivity index (χ1n) is 8.81. The number of hydrogen-bond donors (Lipinski definition) is 3. The van der Waals surface area contributed by atoms with Gasteiger partial charge in [-0.05, 0) is 28.8 Å².